The van der Waals surface area contributed by atoms with Gasteiger partial charge in [-0.3, -0.25) is 0 Å². The van der Waals surface area contributed by atoms with E-state index in [2.05, 4.69) is 43.4 Å². The van der Waals surface area contributed by atoms with Crippen LogP contribution in [0.15, 0.2) is 24.3 Å². The Hall–Kier alpha value is -0.860. The van der Waals surface area contributed by atoms with Crippen LogP contribution >= 0.6 is 0 Å². The summed E-state index contributed by atoms with van der Waals surface area (Å²) < 4.78 is 0. The molecule has 0 aliphatic rings. The molecule has 0 aliphatic heterocycles. The van der Waals surface area contributed by atoms with Crippen molar-refractivity contribution in [2.45, 2.75) is 58.4 Å². The standard InChI is InChI=1S/C17H29NO/c1-3-8-16-9-11-17(12-10-16)15(2)18-13-6-4-5-7-14-19/h9-12,15,18-19H,3-8,13-14H2,1-2H3. The molecule has 108 valence electrons. The van der Waals surface area contributed by atoms with Crippen LogP contribution in [0.3, 0.4) is 0 Å². The number of hydrogen-bond acceptors (Lipinski definition) is 2. The summed E-state index contributed by atoms with van der Waals surface area (Å²) in [6, 6.07) is 9.41. The van der Waals surface area contributed by atoms with E-state index in [1.807, 2.05) is 0 Å². The molecule has 0 aliphatic carbocycles. The van der Waals surface area contributed by atoms with Gasteiger partial charge in [0, 0.05) is 12.6 Å². The second kappa shape index (κ2) is 9.99. The first-order valence-corrected chi connectivity index (χ1v) is 7.71. The van der Waals surface area contributed by atoms with E-state index in [4.69, 9.17) is 5.11 Å². The third-order valence-electron chi connectivity index (χ3n) is 3.55. The molecule has 0 saturated heterocycles. The van der Waals surface area contributed by atoms with Crippen LogP contribution in [0.2, 0.25) is 0 Å². The fourth-order valence-corrected chi connectivity index (χ4v) is 2.29. The van der Waals surface area contributed by atoms with E-state index < -0.39 is 0 Å². The summed E-state index contributed by atoms with van der Waals surface area (Å²) in [5.41, 5.74) is 2.80. The molecule has 0 saturated carbocycles. The number of rotatable bonds is 10. The van der Waals surface area contributed by atoms with Crippen molar-refractivity contribution in [3.8, 4) is 0 Å². The second-order valence-electron chi connectivity index (χ2n) is 5.31. The van der Waals surface area contributed by atoms with Gasteiger partial charge in [0.25, 0.3) is 0 Å². The summed E-state index contributed by atoms with van der Waals surface area (Å²) in [6.07, 6.45) is 6.86. The van der Waals surface area contributed by atoms with Crippen LogP contribution < -0.4 is 5.32 Å². The molecule has 1 rings (SSSR count). The highest BCUT2D eigenvalue weighted by Crippen LogP contribution is 2.14. The molecule has 2 N–H and O–H groups in total. The summed E-state index contributed by atoms with van der Waals surface area (Å²) in [5, 5.41) is 12.3. The number of aliphatic hydroxyl groups is 1. The van der Waals surface area contributed by atoms with Crippen LogP contribution in [0.4, 0.5) is 0 Å². The Kier molecular flexibility index (Phi) is 8.52. The number of aliphatic hydroxyl groups excluding tert-OH is 1. The van der Waals surface area contributed by atoms with Gasteiger partial charge in [-0.1, -0.05) is 50.5 Å². The number of nitrogens with one attached hydrogen (secondary N) is 1. The minimum Gasteiger partial charge on any atom is -0.396 e. The van der Waals surface area contributed by atoms with Crippen molar-refractivity contribution in [3.05, 3.63) is 35.4 Å². The maximum Gasteiger partial charge on any atom is 0.0431 e. The molecule has 1 aromatic rings. The van der Waals surface area contributed by atoms with Crippen molar-refractivity contribution in [1.82, 2.24) is 5.32 Å². The summed E-state index contributed by atoms with van der Waals surface area (Å²) in [7, 11) is 0. The molecule has 0 bridgehead atoms. The smallest absolute Gasteiger partial charge is 0.0431 e. The van der Waals surface area contributed by atoms with Crippen molar-refractivity contribution >= 4 is 0 Å². The minimum atomic E-state index is 0.327. The second-order valence-corrected chi connectivity index (χ2v) is 5.31. The van der Waals surface area contributed by atoms with E-state index in [0.29, 0.717) is 12.6 Å². The molecule has 2 nitrogen and oxygen atoms in total. The van der Waals surface area contributed by atoms with Gasteiger partial charge in [-0.15, -0.1) is 0 Å². The summed E-state index contributed by atoms with van der Waals surface area (Å²) >= 11 is 0. The van der Waals surface area contributed by atoms with Gasteiger partial charge in [0.05, 0.1) is 0 Å². The molecule has 1 atom stereocenters. The van der Waals surface area contributed by atoms with Gasteiger partial charge < -0.3 is 10.4 Å². The number of benzene rings is 1. The van der Waals surface area contributed by atoms with Crippen molar-refractivity contribution in [1.29, 1.82) is 0 Å². The van der Waals surface area contributed by atoms with Gasteiger partial charge in [-0.25, -0.2) is 0 Å². The molecule has 0 radical (unpaired) electrons. The van der Waals surface area contributed by atoms with E-state index in [9.17, 15) is 0 Å². The predicted octanol–water partition coefficient (Wildman–Crippen LogP) is 3.84. The topological polar surface area (TPSA) is 32.3 Å². The molecule has 0 aromatic heterocycles. The van der Waals surface area contributed by atoms with E-state index in [1.165, 1.54) is 36.8 Å². The van der Waals surface area contributed by atoms with Gasteiger partial charge in [-0.05, 0) is 43.9 Å². The molecule has 0 heterocycles. The van der Waals surface area contributed by atoms with Crippen molar-refractivity contribution in [2.24, 2.45) is 0 Å². The summed E-state index contributed by atoms with van der Waals surface area (Å²) in [5.74, 6) is 0. The highest BCUT2D eigenvalue weighted by atomic mass is 16.2. The SMILES string of the molecule is CCCc1ccc(C(C)NCCCCCCO)cc1. The number of aryl methyl sites for hydroxylation is 1. The van der Waals surface area contributed by atoms with Crippen LogP contribution in [0.25, 0.3) is 0 Å². The quantitative estimate of drug-likeness (QED) is 0.629. The first-order valence-electron chi connectivity index (χ1n) is 7.71. The molecular formula is C17H29NO. The molecule has 1 unspecified atom stereocenters. The number of unbranched alkanes of at least 4 members (excludes halogenated alkanes) is 3. The highest BCUT2D eigenvalue weighted by molar-refractivity contribution is 5.24. The molecule has 2 heteroatoms. The lowest BCUT2D eigenvalue weighted by Crippen LogP contribution is -2.19. The third-order valence-corrected chi connectivity index (χ3v) is 3.55. The van der Waals surface area contributed by atoms with Crippen LogP contribution in [0.1, 0.15) is 63.1 Å². The Labute approximate surface area is 118 Å². The molecule has 0 amide bonds. The van der Waals surface area contributed by atoms with Gasteiger partial charge in [0.15, 0.2) is 0 Å². The summed E-state index contributed by atoms with van der Waals surface area (Å²) in [6.45, 7) is 5.83. The van der Waals surface area contributed by atoms with E-state index in [0.717, 1.165) is 19.4 Å². The zero-order valence-electron chi connectivity index (χ0n) is 12.5. The average Bonchev–Trinajstić information content (AvgIpc) is 2.43. The first kappa shape index (κ1) is 16.2. The monoisotopic (exact) mass is 263 g/mol. The Bertz CT molecular complexity index is 321. The molecule has 0 spiro atoms. The fourth-order valence-electron chi connectivity index (χ4n) is 2.29. The Morgan fingerprint density at radius 2 is 1.74 bits per heavy atom. The first-order chi connectivity index (χ1) is 9.27. The molecule has 0 fully saturated rings. The van der Waals surface area contributed by atoms with E-state index in [-0.39, 0.29) is 0 Å². The van der Waals surface area contributed by atoms with Crippen molar-refractivity contribution < 1.29 is 5.11 Å². The lowest BCUT2D eigenvalue weighted by molar-refractivity contribution is 0.282. The van der Waals surface area contributed by atoms with Crippen LogP contribution in [-0.2, 0) is 6.42 Å². The maximum absolute atomic E-state index is 8.70. The van der Waals surface area contributed by atoms with E-state index in [1.54, 1.807) is 0 Å². The van der Waals surface area contributed by atoms with Crippen LogP contribution in [0.5, 0.6) is 0 Å². The molecule has 1 aromatic carbocycles. The van der Waals surface area contributed by atoms with Crippen LogP contribution in [-0.4, -0.2) is 18.3 Å². The normalized spacial score (nSPS) is 12.6. The Morgan fingerprint density at radius 3 is 2.37 bits per heavy atom. The third kappa shape index (κ3) is 6.74. The number of hydrogen-bond donors (Lipinski definition) is 2. The summed E-state index contributed by atoms with van der Waals surface area (Å²) in [4.78, 5) is 0. The van der Waals surface area contributed by atoms with Gasteiger partial charge in [0.1, 0.15) is 0 Å². The lowest BCUT2D eigenvalue weighted by Gasteiger charge is -2.14. The van der Waals surface area contributed by atoms with Gasteiger partial charge >= 0.3 is 0 Å². The van der Waals surface area contributed by atoms with Gasteiger partial charge in [-0.2, -0.15) is 0 Å². The fraction of sp³-hybridized carbons (Fsp3) is 0.647. The van der Waals surface area contributed by atoms with Crippen LogP contribution in [0, 0.1) is 0 Å². The van der Waals surface area contributed by atoms with Crippen molar-refractivity contribution in [3.63, 3.8) is 0 Å². The molecule has 19 heavy (non-hydrogen) atoms. The predicted molar refractivity (Wildman–Crippen MR) is 82.4 cm³/mol. The zero-order chi connectivity index (χ0) is 13.9. The minimum absolute atomic E-state index is 0.327. The largest absolute Gasteiger partial charge is 0.396 e. The van der Waals surface area contributed by atoms with E-state index >= 15 is 0 Å². The van der Waals surface area contributed by atoms with Gasteiger partial charge in [0.2, 0.25) is 0 Å². The highest BCUT2D eigenvalue weighted by Gasteiger charge is 2.03. The molecular weight excluding hydrogens is 234 g/mol. The maximum atomic E-state index is 8.70. The lowest BCUT2D eigenvalue weighted by atomic mass is 10.0. The Balaban J connectivity index is 2.23. The van der Waals surface area contributed by atoms with Crippen molar-refractivity contribution in [2.75, 3.05) is 13.2 Å². The Morgan fingerprint density at radius 1 is 1.05 bits per heavy atom. The zero-order valence-corrected chi connectivity index (χ0v) is 12.5. The average molecular weight is 263 g/mol.